The molecule has 0 spiro atoms. The van der Waals surface area contributed by atoms with Gasteiger partial charge in [0.1, 0.15) is 0 Å². The number of phenolic OH excluding ortho intramolecular Hbond substituents is 2. The minimum atomic E-state index is -0.669. The topological polar surface area (TPSA) is 125 Å². The molecule has 0 saturated carbocycles. The molecule has 2 rings (SSSR count). The van der Waals surface area contributed by atoms with Crippen molar-refractivity contribution in [2.75, 3.05) is 14.2 Å². The summed E-state index contributed by atoms with van der Waals surface area (Å²) in [5.41, 5.74) is 0.983. The monoisotopic (exact) mass is 322 g/mol. The van der Waals surface area contributed by atoms with Crippen molar-refractivity contribution in [2.24, 2.45) is 0 Å². The van der Waals surface area contributed by atoms with E-state index in [1.54, 1.807) is 6.92 Å². The summed E-state index contributed by atoms with van der Waals surface area (Å²) in [5.74, 6) is -1.95. The first-order chi connectivity index (χ1) is 10.9. The number of aromatic amines is 2. The standard InChI is InChI=1S/C15H18N2O6/c1-7-13(15(21)17-16-7)9(6-12(19)23-3)8-4-10(18)14(20)11(5-8)22-2/h4-5,9,18,20H,6H2,1-3H3,(H2,16,17,21). The molecule has 0 aliphatic heterocycles. The number of ether oxygens (including phenoxy) is 2. The predicted octanol–water partition coefficient (Wildman–Crippen LogP) is 1.13. The fraction of sp³-hybridized carbons (Fsp3) is 0.333. The van der Waals surface area contributed by atoms with E-state index in [4.69, 9.17) is 4.74 Å². The van der Waals surface area contributed by atoms with Gasteiger partial charge in [0, 0.05) is 17.2 Å². The Morgan fingerprint density at radius 1 is 1.26 bits per heavy atom. The molecule has 1 heterocycles. The molecule has 0 amide bonds. The Morgan fingerprint density at radius 2 is 1.96 bits per heavy atom. The molecule has 124 valence electrons. The lowest BCUT2D eigenvalue weighted by Gasteiger charge is -2.17. The Morgan fingerprint density at radius 3 is 2.48 bits per heavy atom. The van der Waals surface area contributed by atoms with E-state index in [0.29, 0.717) is 16.8 Å². The molecule has 0 aliphatic rings. The molecule has 2 aromatic rings. The van der Waals surface area contributed by atoms with Crippen LogP contribution in [-0.2, 0) is 9.53 Å². The van der Waals surface area contributed by atoms with Crippen LogP contribution in [0.1, 0.15) is 29.2 Å². The normalized spacial score (nSPS) is 12.0. The highest BCUT2D eigenvalue weighted by molar-refractivity contribution is 5.71. The van der Waals surface area contributed by atoms with Crippen LogP contribution < -0.4 is 10.3 Å². The number of aromatic nitrogens is 2. The maximum absolute atomic E-state index is 12.0. The molecule has 0 fully saturated rings. The molecule has 0 aliphatic carbocycles. The third-order valence-corrected chi connectivity index (χ3v) is 3.66. The second kappa shape index (κ2) is 6.47. The molecule has 4 N–H and O–H groups in total. The smallest absolute Gasteiger partial charge is 0.306 e. The average molecular weight is 322 g/mol. The van der Waals surface area contributed by atoms with Crippen molar-refractivity contribution < 1.29 is 24.5 Å². The first-order valence-electron chi connectivity index (χ1n) is 6.82. The molecule has 1 atom stereocenters. The number of rotatable bonds is 5. The Kier molecular flexibility index (Phi) is 4.63. The Labute approximate surface area is 131 Å². The van der Waals surface area contributed by atoms with Gasteiger partial charge in [0.15, 0.2) is 11.5 Å². The van der Waals surface area contributed by atoms with E-state index in [2.05, 4.69) is 14.9 Å². The van der Waals surface area contributed by atoms with Crippen molar-refractivity contribution in [3.8, 4) is 17.2 Å². The van der Waals surface area contributed by atoms with E-state index in [9.17, 15) is 19.8 Å². The van der Waals surface area contributed by atoms with Gasteiger partial charge in [0.25, 0.3) is 5.56 Å². The van der Waals surface area contributed by atoms with E-state index < -0.39 is 23.4 Å². The van der Waals surface area contributed by atoms with E-state index >= 15 is 0 Å². The largest absolute Gasteiger partial charge is 0.504 e. The number of hydrogen-bond acceptors (Lipinski definition) is 6. The van der Waals surface area contributed by atoms with Gasteiger partial charge < -0.3 is 24.8 Å². The van der Waals surface area contributed by atoms with Gasteiger partial charge in [-0.25, -0.2) is 0 Å². The van der Waals surface area contributed by atoms with Crippen molar-refractivity contribution in [3.05, 3.63) is 39.3 Å². The molecule has 1 aromatic carbocycles. The third kappa shape index (κ3) is 3.15. The van der Waals surface area contributed by atoms with Gasteiger partial charge in [0.2, 0.25) is 5.75 Å². The summed E-state index contributed by atoms with van der Waals surface area (Å²) in [6, 6.07) is 2.76. The number of carbonyl (C=O) groups is 1. The summed E-state index contributed by atoms with van der Waals surface area (Å²) in [6.07, 6.45) is -0.106. The lowest BCUT2D eigenvalue weighted by molar-refractivity contribution is -0.140. The summed E-state index contributed by atoms with van der Waals surface area (Å²) in [5, 5.41) is 24.7. The maximum Gasteiger partial charge on any atom is 0.306 e. The van der Waals surface area contributed by atoms with Crippen LogP contribution >= 0.6 is 0 Å². The number of aromatic hydroxyl groups is 2. The first-order valence-corrected chi connectivity index (χ1v) is 6.82. The van der Waals surface area contributed by atoms with Crippen LogP contribution in [0.5, 0.6) is 17.2 Å². The fourth-order valence-electron chi connectivity index (χ4n) is 2.48. The van der Waals surface area contributed by atoms with Crippen molar-refractivity contribution in [2.45, 2.75) is 19.3 Å². The van der Waals surface area contributed by atoms with Gasteiger partial charge in [-0.3, -0.25) is 14.7 Å². The number of aryl methyl sites for hydroxylation is 1. The van der Waals surface area contributed by atoms with E-state index in [-0.39, 0.29) is 17.7 Å². The molecule has 23 heavy (non-hydrogen) atoms. The minimum Gasteiger partial charge on any atom is -0.504 e. The summed E-state index contributed by atoms with van der Waals surface area (Å²) >= 11 is 0. The second-order valence-electron chi connectivity index (χ2n) is 5.04. The number of carbonyl (C=O) groups excluding carboxylic acids is 1. The van der Waals surface area contributed by atoms with Gasteiger partial charge in [-0.15, -0.1) is 0 Å². The van der Waals surface area contributed by atoms with Gasteiger partial charge in [-0.05, 0) is 24.6 Å². The first kappa shape index (κ1) is 16.5. The Bertz CT molecular complexity index is 777. The highest BCUT2D eigenvalue weighted by Crippen LogP contribution is 2.40. The summed E-state index contributed by atoms with van der Waals surface area (Å²) < 4.78 is 9.69. The van der Waals surface area contributed by atoms with Crippen molar-refractivity contribution >= 4 is 5.97 Å². The number of phenols is 2. The zero-order chi connectivity index (χ0) is 17.1. The zero-order valence-corrected chi connectivity index (χ0v) is 13.0. The molecule has 0 bridgehead atoms. The van der Waals surface area contributed by atoms with Crippen molar-refractivity contribution in [3.63, 3.8) is 0 Å². The highest BCUT2D eigenvalue weighted by Gasteiger charge is 2.26. The molecular weight excluding hydrogens is 304 g/mol. The molecule has 1 aromatic heterocycles. The number of hydrogen-bond donors (Lipinski definition) is 4. The zero-order valence-electron chi connectivity index (χ0n) is 13.0. The molecular formula is C15H18N2O6. The van der Waals surface area contributed by atoms with E-state index in [1.165, 1.54) is 26.4 Å². The van der Waals surface area contributed by atoms with Crippen molar-refractivity contribution in [1.82, 2.24) is 10.2 Å². The van der Waals surface area contributed by atoms with Gasteiger partial charge in [0.05, 0.1) is 20.6 Å². The van der Waals surface area contributed by atoms with Crippen LogP contribution in [0.4, 0.5) is 0 Å². The summed E-state index contributed by atoms with van der Waals surface area (Å²) in [6.45, 7) is 1.69. The lowest BCUT2D eigenvalue weighted by Crippen LogP contribution is -2.17. The Hall–Kier alpha value is -2.90. The van der Waals surface area contributed by atoms with Crippen molar-refractivity contribution in [1.29, 1.82) is 0 Å². The van der Waals surface area contributed by atoms with Gasteiger partial charge in [-0.2, -0.15) is 0 Å². The number of H-pyrrole nitrogens is 2. The van der Waals surface area contributed by atoms with Crippen LogP contribution in [0.25, 0.3) is 0 Å². The quantitative estimate of drug-likeness (QED) is 0.483. The average Bonchev–Trinajstić information content (AvgIpc) is 2.86. The number of nitrogens with one attached hydrogen (secondary N) is 2. The number of esters is 1. The molecule has 8 nitrogen and oxygen atoms in total. The summed E-state index contributed by atoms with van der Waals surface area (Å²) in [4.78, 5) is 23.8. The maximum atomic E-state index is 12.0. The minimum absolute atomic E-state index is 0.0412. The van der Waals surface area contributed by atoms with Crippen LogP contribution in [0.2, 0.25) is 0 Å². The van der Waals surface area contributed by atoms with E-state index in [0.717, 1.165) is 0 Å². The molecule has 8 heteroatoms. The molecule has 0 saturated heterocycles. The lowest BCUT2D eigenvalue weighted by atomic mass is 9.88. The third-order valence-electron chi connectivity index (χ3n) is 3.66. The fourth-order valence-corrected chi connectivity index (χ4v) is 2.48. The molecule has 0 radical (unpaired) electrons. The van der Waals surface area contributed by atoms with Gasteiger partial charge >= 0.3 is 5.97 Å². The number of benzene rings is 1. The highest BCUT2D eigenvalue weighted by atomic mass is 16.5. The molecule has 1 unspecified atom stereocenters. The van der Waals surface area contributed by atoms with Gasteiger partial charge in [-0.1, -0.05) is 0 Å². The van der Waals surface area contributed by atoms with Crippen LogP contribution in [0.3, 0.4) is 0 Å². The Balaban J connectivity index is 2.61. The predicted molar refractivity (Wildman–Crippen MR) is 81.0 cm³/mol. The van der Waals surface area contributed by atoms with Crippen LogP contribution in [0, 0.1) is 6.92 Å². The second-order valence-corrected chi connectivity index (χ2v) is 5.04. The van der Waals surface area contributed by atoms with E-state index in [1.807, 2.05) is 0 Å². The number of methoxy groups -OCH3 is 2. The SMILES string of the molecule is COC(=O)CC(c1cc(O)c(O)c(OC)c1)c1c(C)[nH][nH]c1=O. The summed E-state index contributed by atoms with van der Waals surface area (Å²) in [7, 11) is 2.59. The van der Waals surface area contributed by atoms with Crippen LogP contribution in [-0.4, -0.2) is 40.6 Å². The van der Waals surface area contributed by atoms with Crippen LogP contribution in [0.15, 0.2) is 16.9 Å².